The maximum atomic E-state index is 13.0. The van der Waals surface area contributed by atoms with Crippen molar-refractivity contribution < 1.29 is 9.13 Å². The largest absolute Gasteiger partial charge is 0.456 e. The maximum absolute atomic E-state index is 13.0. The molecule has 0 saturated carbocycles. The van der Waals surface area contributed by atoms with Gasteiger partial charge in [0.05, 0.1) is 6.20 Å². The Morgan fingerprint density at radius 2 is 2.07 bits per heavy atom. The molecule has 0 aliphatic heterocycles. The van der Waals surface area contributed by atoms with E-state index in [-0.39, 0.29) is 5.82 Å². The third-order valence-corrected chi connectivity index (χ3v) is 1.89. The van der Waals surface area contributed by atoms with E-state index < -0.39 is 0 Å². The first-order chi connectivity index (χ1) is 7.24. The maximum Gasteiger partial charge on any atom is 0.145 e. The van der Waals surface area contributed by atoms with E-state index in [0.29, 0.717) is 11.5 Å². The molecule has 2 nitrogen and oxygen atoms in total. The SMILES string of the molecule is Cc1cc(F)cc(Oc2cccnc2)c1. The van der Waals surface area contributed by atoms with Crippen LogP contribution in [0.1, 0.15) is 5.56 Å². The molecule has 2 aromatic rings. The smallest absolute Gasteiger partial charge is 0.145 e. The Hall–Kier alpha value is -1.90. The highest BCUT2D eigenvalue weighted by atomic mass is 19.1. The average Bonchev–Trinajstić information content (AvgIpc) is 2.17. The van der Waals surface area contributed by atoms with Gasteiger partial charge in [-0.3, -0.25) is 4.98 Å². The fraction of sp³-hybridized carbons (Fsp3) is 0.0833. The van der Waals surface area contributed by atoms with Crippen molar-refractivity contribution in [2.75, 3.05) is 0 Å². The zero-order valence-corrected chi connectivity index (χ0v) is 8.27. The lowest BCUT2D eigenvalue weighted by molar-refractivity contribution is 0.474. The number of hydrogen-bond acceptors (Lipinski definition) is 2. The van der Waals surface area contributed by atoms with Gasteiger partial charge in [0.25, 0.3) is 0 Å². The molecule has 0 radical (unpaired) electrons. The Bertz CT molecular complexity index is 436. The highest BCUT2D eigenvalue weighted by Gasteiger charge is 2.00. The highest BCUT2D eigenvalue weighted by Crippen LogP contribution is 2.22. The van der Waals surface area contributed by atoms with Crippen molar-refractivity contribution >= 4 is 0 Å². The normalized spacial score (nSPS) is 10.0. The van der Waals surface area contributed by atoms with Crippen LogP contribution in [0.5, 0.6) is 11.5 Å². The molecule has 0 amide bonds. The summed E-state index contributed by atoms with van der Waals surface area (Å²) in [6, 6.07) is 8.11. The summed E-state index contributed by atoms with van der Waals surface area (Å²) in [7, 11) is 0. The fourth-order valence-corrected chi connectivity index (χ4v) is 1.31. The van der Waals surface area contributed by atoms with Gasteiger partial charge in [-0.2, -0.15) is 0 Å². The van der Waals surface area contributed by atoms with Gasteiger partial charge in [-0.25, -0.2) is 4.39 Å². The molecular weight excluding hydrogens is 193 g/mol. The van der Waals surface area contributed by atoms with Crippen LogP contribution in [-0.4, -0.2) is 4.98 Å². The number of ether oxygens (including phenoxy) is 1. The second-order valence-electron chi connectivity index (χ2n) is 3.26. The Morgan fingerprint density at radius 1 is 1.20 bits per heavy atom. The zero-order chi connectivity index (χ0) is 10.7. The van der Waals surface area contributed by atoms with Gasteiger partial charge in [-0.15, -0.1) is 0 Å². The molecule has 1 aromatic carbocycles. The van der Waals surface area contributed by atoms with Crippen LogP contribution < -0.4 is 4.74 Å². The molecule has 0 aliphatic rings. The third-order valence-electron chi connectivity index (χ3n) is 1.89. The van der Waals surface area contributed by atoms with Crippen molar-refractivity contribution in [1.82, 2.24) is 4.98 Å². The molecule has 3 heteroatoms. The summed E-state index contributed by atoms with van der Waals surface area (Å²) in [5, 5.41) is 0. The van der Waals surface area contributed by atoms with Crippen LogP contribution in [0.25, 0.3) is 0 Å². The fourth-order valence-electron chi connectivity index (χ4n) is 1.31. The molecule has 0 spiro atoms. The first kappa shape index (κ1) is 9.65. The van der Waals surface area contributed by atoms with Gasteiger partial charge in [0, 0.05) is 12.3 Å². The Kier molecular flexibility index (Phi) is 2.63. The molecule has 1 aromatic heterocycles. The van der Waals surface area contributed by atoms with Gasteiger partial charge in [-0.1, -0.05) is 0 Å². The predicted octanol–water partition coefficient (Wildman–Crippen LogP) is 3.32. The summed E-state index contributed by atoms with van der Waals surface area (Å²) in [6.45, 7) is 1.82. The van der Waals surface area contributed by atoms with Gasteiger partial charge in [0.1, 0.15) is 17.3 Å². The number of aromatic nitrogens is 1. The van der Waals surface area contributed by atoms with E-state index in [0.717, 1.165) is 5.56 Å². The number of aryl methyl sites for hydroxylation is 1. The molecule has 0 bridgehead atoms. The van der Waals surface area contributed by atoms with E-state index in [1.54, 1.807) is 30.6 Å². The minimum absolute atomic E-state index is 0.297. The second-order valence-corrected chi connectivity index (χ2v) is 3.26. The van der Waals surface area contributed by atoms with Crippen LogP contribution in [0, 0.1) is 12.7 Å². The van der Waals surface area contributed by atoms with Crippen molar-refractivity contribution in [3.63, 3.8) is 0 Å². The van der Waals surface area contributed by atoms with Gasteiger partial charge in [0.15, 0.2) is 0 Å². The lowest BCUT2D eigenvalue weighted by atomic mass is 10.2. The predicted molar refractivity (Wildman–Crippen MR) is 55.4 cm³/mol. The van der Waals surface area contributed by atoms with E-state index in [9.17, 15) is 4.39 Å². The van der Waals surface area contributed by atoms with Crippen molar-refractivity contribution in [2.24, 2.45) is 0 Å². The van der Waals surface area contributed by atoms with Crippen LogP contribution in [0.4, 0.5) is 4.39 Å². The van der Waals surface area contributed by atoms with Crippen molar-refractivity contribution in [1.29, 1.82) is 0 Å². The average molecular weight is 203 g/mol. The van der Waals surface area contributed by atoms with Gasteiger partial charge in [0.2, 0.25) is 0 Å². The molecule has 0 N–H and O–H groups in total. The first-order valence-corrected chi connectivity index (χ1v) is 4.59. The van der Waals surface area contributed by atoms with E-state index in [1.165, 1.54) is 12.1 Å². The van der Waals surface area contributed by atoms with Gasteiger partial charge in [-0.05, 0) is 36.8 Å². The lowest BCUT2D eigenvalue weighted by Crippen LogP contribution is -1.87. The molecule has 0 saturated heterocycles. The zero-order valence-electron chi connectivity index (χ0n) is 8.27. The summed E-state index contributed by atoms with van der Waals surface area (Å²) >= 11 is 0. The number of benzene rings is 1. The molecule has 0 aliphatic carbocycles. The second kappa shape index (κ2) is 4.09. The summed E-state index contributed by atoms with van der Waals surface area (Å²) in [4.78, 5) is 3.91. The number of halogens is 1. The number of nitrogens with zero attached hydrogens (tertiary/aromatic N) is 1. The van der Waals surface area contributed by atoms with E-state index >= 15 is 0 Å². The summed E-state index contributed by atoms with van der Waals surface area (Å²) in [5.41, 5.74) is 0.828. The van der Waals surface area contributed by atoms with Crippen LogP contribution >= 0.6 is 0 Å². The Morgan fingerprint density at radius 3 is 2.73 bits per heavy atom. The van der Waals surface area contributed by atoms with Crippen molar-refractivity contribution in [3.05, 3.63) is 54.1 Å². The molecule has 15 heavy (non-hydrogen) atoms. The molecule has 0 fully saturated rings. The van der Waals surface area contributed by atoms with Crippen LogP contribution in [0.2, 0.25) is 0 Å². The molecule has 0 unspecified atom stereocenters. The molecule has 76 valence electrons. The van der Waals surface area contributed by atoms with E-state index in [1.807, 2.05) is 6.92 Å². The molecule has 0 atom stereocenters. The van der Waals surface area contributed by atoms with Crippen molar-refractivity contribution in [2.45, 2.75) is 6.92 Å². The van der Waals surface area contributed by atoms with Crippen molar-refractivity contribution in [3.8, 4) is 11.5 Å². The number of pyridine rings is 1. The monoisotopic (exact) mass is 203 g/mol. The third kappa shape index (κ3) is 2.53. The Balaban J connectivity index is 2.25. The summed E-state index contributed by atoms with van der Waals surface area (Å²) in [5.74, 6) is 0.789. The topological polar surface area (TPSA) is 22.1 Å². The molecule has 2 rings (SSSR count). The standard InChI is InChI=1S/C12H10FNO/c1-9-5-10(13)7-12(6-9)15-11-3-2-4-14-8-11/h2-8H,1H3. The van der Waals surface area contributed by atoms with Crippen LogP contribution in [0.15, 0.2) is 42.7 Å². The van der Waals surface area contributed by atoms with Gasteiger partial charge < -0.3 is 4.74 Å². The van der Waals surface area contributed by atoms with Crippen LogP contribution in [-0.2, 0) is 0 Å². The van der Waals surface area contributed by atoms with E-state index in [2.05, 4.69) is 4.98 Å². The molecule has 1 heterocycles. The summed E-state index contributed by atoms with van der Waals surface area (Å²) in [6.07, 6.45) is 3.24. The molecular formula is C12H10FNO. The van der Waals surface area contributed by atoms with Crippen LogP contribution in [0.3, 0.4) is 0 Å². The lowest BCUT2D eigenvalue weighted by Gasteiger charge is -2.05. The Labute approximate surface area is 87.4 Å². The minimum atomic E-state index is -0.297. The quantitative estimate of drug-likeness (QED) is 0.746. The number of hydrogen-bond donors (Lipinski definition) is 0. The van der Waals surface area contributed by atoms with E-state index in [4.69, 9.17) is 4.74 Å². The first-order valence-electron chi connectivity index (χ1n) is 4.59. The summed E-state index contributed by atoms with van der Waals surface area (Å²) < 4.78 is 18.5. The highest BCUT2D eigenvalue weighted by molar-refractivity contribution is 5.32. The minimum Gasteiger partial charge on any atom is -0.456 e. The number of rotatable bonds is 2. The van der Waals surface area contributed by atoms with Gasteiger partial charge >= 0.3 is 0 Å².